The van der Waals surface area contributed by atoms with Gasteiger partial charge in [0.15, 0.2) is 23.2 Å². The molecule has 0 aliphatic heterocycles. The molecule has 0 amide bonds. The van der Waals surface area contributed by atoms with E-state index in [2.05, 4.69) is 21.7 Å². The maximum atomic E-state index is 13.7. The van der Waals surface area contributed by atoms with Gasteiger partial charge in [-0.2, -0.15) is 0 Å². The van der Waals surface area contributed by atoms with E-state index >= 15 is 0 Å². The molecule has 2 heterocycles. The van der Waals surface area contributed by atoms with Crippen LogP contribution in [0.25, 0.3) is 10.9 Å². The quantitative estimate of drug-likeness (QED) is 0.0837. The lowest BCUT2D eigenvalue weighted by molar-refractivity contribution is 0.0972. The van der Waals surface area contributed by atoms with Crippen molar-refractivity contribution in [2.75, 3.05) is 20.6 Å². The highest BCUT2D eigenvalue weighted by atomic mass is 19.2. The number of hydrogen-bond donors (Lipinski definition) is 0. The molecule has 49 heavy (non-hydrogen) atoms. The van der Waals surface area contributed by atoms with Gasteiger partial charge in [0, 0.05) is 61.1 Å². The zero-order chi connectivity index (χ0) is 35.1. The topological polar surface area (TPSA) is 90.1 Å². The number of nitrogens with zero attached hydrogens (tertiary/aromatic N) is 5. The summed E-state index contributed by atoms with van der Waals surface area (Å²) in [7, 11) is 5.71. The largest absolute Gasteiger partial charge is 0.309 e. The molecule has 5 aromatic rings. The third kappa shape index (κ3) is 8.80. The van der Waals surface area contributed by atoms with Gasteiger partial charge in [-0.25, -0.2) is 23.4 Å². The van der Waals surface area contributed by atoms with E-state index in [0.717, 1.165) is 59.1 Å². The molecule has 0 aliphatic carbocycles. The fourth-order valence-electron chi connectivity index (χ4n) is 5.62. The first-order valence-electron chi connectivity index (χ1n) is 16.2. The first kappa shape index (κ1) is 35.0. The molecule has 0 aliphatic rings. The molecule has 0 spiro atoms. The summed E-state index contributed by atoms with van der Waals surface area (Å²) in [5, 5.41) is 0.836. The Morgan fingerprint density at radius 3 is 2.39 bits per heavy atom. The predicted octanol–water partition coefficient (Wildman–Crippen LogP) is 6.28. The number of fused-ring (bicyclic) bond motifs is 1. The Hall–Kier alpha value is -5.27. The minimum atomic E-state index is -0.996. The van der Waals surface area contributed by atoms with Crippen molar-refractivity contribution >= 4 is 22.5 Å². The van der Waals surface area contributed by atoms with E-state index in [4.69, 9.17) is 4.98 Å². The van der Waals surface area contributed by atoms with Gasteiger partial charge >= 0.3 is 0 Å². The summed E-state index contributed by atoms with van der Waals surface area (Å²) in [5.41, 5.74) is 3.77. The zero-order valence-corrected chi connectivity index (χ0v) is 28.2. The Bertz CT molecular complexity index is 2120. The number of unbranched alkanes of at least 4 members (excludes halogenated alkanes) is 1. The number of ketones is 2. The van der Waals surface area contributed by atoms with Gasteiger partial charge in [-0.15, -0.1) is 0 Å². The monoisotopic (exact) mass is 663 g/mol. The van der Waals surface area contributed by atoms with Crippen LogP contribution in [0.4, 0.5) is 8.78 Å². The van der Waals surface area contributed by atoms with Crippen LogP contribution in [0.15, 0.2) is 71.7 Å². The number of halogens is 2. The summed E-state index contributed by atoms with van der Waals surface area (Å²) in [4.78, 5) is 50.0. The van der Waals surface area contributed by atoms with E-state index < -0.39 is 17.2 Å². The molecule has 0 N–H and O–H groups in total. The van der Waals surface area contributed by atoms with Crippen LogP contribution in [0.1, 0.15) is 81.0 Å². The average molecular weight is 664 g/mol. The molecule has 8 nitrogen and oxygen atoms in total. The Balaban J connectivity index is 1.16. The van der Waals surface area contributed by atoms with Crippen molar-refractivity contribution in [3.05, 3.63) is 128 Å². The number of rotatable bonds is 13. The van der Waals surface area contributed by atoms with Crippen LogP contribution in [0, 0.1) is 30.4 Å². The highest BCUT2D eigenvalue weighted by molar-refractivity contribution is 5.97. The normalized spacial score (nSPS) is 11.2. The summed E-state index contributed by atoms with van der Waals surface area (Å²) in [6, 6.07) is 16.8. The van der Waals surface area contributed by atoms with Crippen molar-refractivity contribution in [1.82, 2.24) is 24.2 Å². The number of aromatic nitrogens is 4. The van der Waals surface area contributed by atoms with Crippen molar-refractivity contribution in [2.45, 2.75) is 52.0 Å². The maximum Gasteiger partial charge on any atom is 0.278 e. The fraction of sp³-hybridized carbons (Fsp3) is 0.308. The van der Waals surface area contributed by atoms with E-state index in [0.29, 0.717) is 29.9 Å². The van der Waals surface area contributed by atoms with E-state index in [9.17, 15) is 23.2 Å². The molecule has 3 aromatic carbocycles. The standard InChI is InChI=1S/C39H39F2N5O3/c1-26-38(39(49)46(45(26)4)25-29-14-18-32(40)33(41)22-29)36(48)11-6-5-9-27-15-19-34-31(21-27)24-42-37(43-34)23-28-12-16-30(17-13-28)35(47)10-7-8-20-44(2)3/h12-19,21-22,24H,6-8,10-11,20,23,25H2,1-4H3. The minimum absolute atomic E-state index is 0.000756. The first-order valence-corrected chi connectivity index (χ1v) is 16.2. The van der Waals surface area contributed by atoms with Gasteiger partial charge < -0.3 is 4.90 Å². The number of Topliss-reactive ketones (excluding diaryl/α,β-unsaturated/α-hetero) is 2. The number of carbonyl (C=O) groups excluding carboxylic acids is 2. The van der Waals surface area contributed by atoms with Crippen molar-refractivity contribution in [3.8, 4) is 11.8 Å². The Morgan fingerprint density at radius 1 is 0.898 bits per heavy atom. The maximum absolute atomic E-state index is 13.7. The van der Waals surface area contributed by atoms with E-state index in [1.165, 1.54) is 10.7 Å². The second-order valence-corrected chi connectivity index (χ2v) is 12.4. The molecular weight excluding hydrogens is 624 g/mol. The molecule has 5 rings (SSSR count). The van der Waals surface area contributed by atoms with Gasteiger partial charge in [-0.3, -0.25) is 19.1 Å². The summed E-state index contributed by atoms with van der Waals surface area (Å²) in [6.07, 6.45) is 5.04. The van der Waals surface area contributed by atoms with Crippen molar-refractivity contribution in [2.24, 2.45) is 7.05 Å². The highest BCUT2D eigenvalue weighted by Crippen LogP contribution is 2.17. The molecule has 0 saturated heterocycles. The average Bonchev–Trinajstić information content (AvgIpc) is 3.29. The Morgan fingerprint density at radius 2 is 1.65 bits per heavy atom. The van der Waals surface area contributed by atoms with Gasteiger partial charge in [0.1, 0.15) is 11.4 Å². The zero-order valence-electron chi connectivity index (χ0n) is 28.2. The van der Waals surface area contributed by atoms with Gasteiger partial charge in [0.05, 0.1) is 12.1 Å². The summed E-state index contributed by atoms with van der Waals surface area (Å²) in [5.74, 6) is 4.65. The van der Waals surface area contributed by atoms with Crippen molar-refractivity contribution in [3.63, 3.8) is 0 Å². The van der Waals surface area contributed by atoms with Gasteiger partial charge in [-0.05, 0) is 81.9 Å². The highest BCUT2D eigenvalue weighted by Gasteiger charge is 2.21. The third-order valence-corrected chi connectivity index (χ3v) is 8.49. The van der Waals surface area contributed by atoms with Crippen LogP contribution < -0.4 is 5.56 Å². The van der Waals surface area contributed by atoms with Crippen molar-refractivity contribution < 1.29 is 18.4 Å². The van der Waals surface area contributed by atoms with Crippen LogP contribution in [-0.4, -0.2) is 56.4 Å². The van der Waals surface area contributed by atoms with Crippen LogP contribution in [0.3, 0.4) is 0 Å². The molecular formula is C39H39F2N5O3. The third-order valence-electron chi connectivity index (χ3n) is 8.49. The smallest absolute Gasteiger partial charge is 0.278 e. The number of hydrogen-bond acceptors (Lipinski definition) is 6. The summed E-state index contributed by atoms with van der Waals surface area (Å²) >= 11 is 0. The van der Waals surface area contributed by atoms with Crippen LogP contribution in [0.5, 0.6) is 0 Å². The summed E-state index contributed by atoms with van der Waals surface area (Å²) < 4.78 is 29.9. The van der Waals surface area contributed by atoms with E-state index in [1.807, 2.05) is 56.6 Å². The van der Waals surface area contributed by atoms with Crippen LogP contribution in [-0.2, 0) is 20.0 Å². The molecule has 0 atom stereocenters. The second-order valence-electron chi connectivity index (χ2n) is 12.4. The molecule has 0 bridgehead atoms. The predicted molar refractivity (Wildman–Crippen MR) is 186 cm³/mol. The molecule has 0 radical (unpaired) electrons. The van der Waals surface area contributed by atoms with Gasteiger partial charge in [0.2, 0.25) is 0 Å². The van der Waals surface area contributed by atoms with E-state index in [1.54, 1.807) is 24.9 Å². The molecule has 2 aromatic heterocycles. The Labute approximate surface area is 284 Å². The van der Waals surface area contributed by atoms with Gasteiger partial charge in [0.25, 0.3) is 5.56 Å². The second kappa shape index (κ2) is 15.8. The van der Waals surface area contributed by atoms with Crippen LogP contribution >= 0.6 is 0 Å². The lowest BCUT2D eigenvalue weighted by atomic mass is 10.0. The summed E-state index contributed by atoms with van der Waals surface area (Å²) in [6.45, 7) is 2.66. The molecule has 0 unspecified atom stereocenters. The minimum Gasteiger partial charge on any atom is -0.309 e. The lowest BCUT2D eigenvalue weighted by Gasteiger charge is -2.08. The van der Waals surface area contributed by atoms with Crippen molar-refractivity contribution in [1.29, 1.82) is 0 Å². The molecule has 0 saturated carbocycles. The van der Waals surface area contributed by atoms with E-state index in [-0.39, 0.29) is 36.5 Å². The molecule has 0 fully saturated rings. The van der Waals surface area contributed by atoms with Crippen LogP contribution in [0.2, 0.25) is 0 Å². The van der Waals surface area contributed by atoms with Gasteiger partial charge in [-0.1, -0.05) is 42.2 Å². The fourth-order valence-corrected chi connectivity index (χ4v) is 5.62. The first-order chi connectivity index (χ1) is 23.5. The lowest BCUT2D eigenvalue weighted by Crippen LogP contribution is -2.25. The molecule has 10 heteroatoms. The number of benzene rings is 3. The molecule has 252 valence electrons. The Kier molecular flexibility index (Phi) is 11.3. The number of carbonyl (C=O) groups is 2. The SMILES string of the molecule is Cc1c(C(=O)CCC#Cc2ccc3nc(Cc4ccc(C(=O)CCCCN(C)C)cc4)ncc3c2)c(=O)n(Cc2ccc(F)c(F)c2)n1C.